The Morgan fingerprint density at radius 2 is 2.20 bits per heavy atom. The second kappa shape index (κ2) is 5.00. The Morgan fingerprint density at radius 1 is 1.40 bits per heavy atom. The van der Waals surface area contributed by atoms with E-state index in [0.29, 0.717) is 19.4 Å². The van der Waals surface area contributed by atoms with Crippen LogP contribution in [0, 0.1) is 5.92 Å². The number of aromatic nitrogens is 2. The van der Waals surface area contributed by atoms with Gasteiger partial charge in [-0.25, -0.2) is 4.98 Å². The summed E-state index contributed by atoms with van der Waals surface area (Å²) in [5, 5.41) is 19.0. The van der Waals surface area contributed by atoms with Gasteiger partial charge in [-0.1, -0.05) is 18.2 Å². The number of hydrogen-bond acceptors (Lipinski definition) is 3. The van der Waals surface area contributed by atoms with Gasteiger partial charge in [0.05, 0.1) is 5.92 Å². The van der Waals surface area contributed by atoms with Gasteiger partial charge in [0.1, 0.15) is 11.6 Å². The number of carboxylic acids is 1. The number of hydrogen-bond donors (Lipinski definition) is 2. The number of phenols is 1. The predicted octanol–water partition coefficient (Wildman–Crippen LogP) is 1.83. The van der Waals surface area contributed by atoms with Crippen LogP contribution < -0.4 is 0 Å². The van der Waals surface area contributed by atoms with Crippen molar-refractivity contribution >= 4 is 5.97 Å². The highest BCUT2D eigenvalue weighted by atomic mass is 16.4. The molecule has 1 aliphatic rings. The monoisotopic (exact) mass is 272 g/mol. The van der Waals surface area contributed by atoms with Crippen LogP contribution in [0.1, 0.15) is 23.5 Å². The van der Waals surface area contributed by atoms with Crippen molar-refractivity contribution in [1.29, 1.82) is 0 Å². The minimum Gasteiger partial charge on any atom is -0.508 e. The van der Waals surface area contributed by atoms with Crippen LogP contribution in [0.4, 0.5) is 0 Å². The highest BCUT2D eigenvalue weighted by Crippen LogP contribution is 2.25. The van der Waals surface area contributed by atoms with Gasteiger partial charge in [-0.3, -0.25) is 4.79 Å². The smallest absolute Gasteiger partial charge is 0.308 e. The third-order valence-corrected chi connectivity index (χ3v) is 3.86. The maximum Gasteiger partial charge on any atom is 0.308 e. The number of nitrogens with zero attached hydrogens (tertiary/aromatic N) is 2. The minimum absolute atomic E-state index is 0.246. The molecular weight excluding hydrogens is 256 g/mol. The van der Waals surface area contributed by atoms with E-state index in [4.69, 9.17) is 5.11 Å². The minimum atomic E-state index is -0.752. The number of phenolic OH excluding ortho intramolecular Hbond substituents is 1. The summed E-state index contributed by atoms with van der Waals surface area (Å²) < 4.78 is 1.98. The van der Waals surface area contributed by atoms with E-state index >= 15 is 0 Å². The number of rotatable bonds is 3. The molecule has 5 nitrogen and oxygen atoms in total. The fraction of sp³-hybridized carbons (Fsp3) is 0.333. The Morgan fingerprint density at radius 3 is 2.95 bits per heavy atom. The number of para-hydroxylation sites is 1. The molecule has 20 heavy (non-hydrogen) atoms. The normalized spacial score (nSPS) is 17.7. The van der Waals surface area contributed by atoms with Gasteiger partial charge in [0.25, 0.3) is 0 Å². The first-order chi connectivity index (χ1) is 9.65. The Hall–Kier alpha value is -2.30. The van der Waals surface area contributed by atoms with Crippen molar-refractivity contribution in [2.24, 2.45) is 5.92 Å². The van der Waals surface area contributed by atoms with Crippen LogP contribution in [0.5, 0.6) is 5.75 Å². The average molecular weight is 272 g/mol. The summed E-state index contributed by atoms with van der Waals surface area (Å²) in [7, 11) is 0. The summed E-state index contributed by atoms with van der Waals surface area (Å²) in [5.74, 6) is -0.0411. The lowest BCUT2D eigenvalue weighted by Gasteiger charge is -2.22. The molecule has 1 aromatic carbocycles. The number of aliphatic carboxylic acids is 1. The molecule has 0 aliphatic carbocycles. The molecule has 1 aromatic heterocycles. The molecule has 0 spiro atoms. The van der Waals surface area contributed by atoms with Crippen LogP contribution in [0.3, 0.4) is 0 Å². The van der Waals surface area contributed by atoms with Crippen molar-refractivity contribution < 1.29 is 15.0 Å². The third-order valence-electron chi connectivity index (χ3n) is 3.86. The van der Waals surface area contributed by atoms with Crippen molar-refractivity contribution in [3.63, 3.8) is 0 Å². The highest BCUT2D eigenvalue weighted by Gasteiger charge is 2.26. The van der Waals surface area contributed by atoms with Crippen LogP contribution in [0.15, 0.2) is 30.5 Å². The number of aromatic hydroxyl groups is 1. The largest absolute Gasteiger partial charge is 0.508 e. The van der Waals surface area contributed by atoms with Gasteiger partial charge in [0.15, 0.2) is 0 Å². The first kappa shape index (κ1) is 12.7. The molecule has 5 heteroatoms. The molecule has 104 valence electrons. The Kier molecular flexibility index (Phi) is 3.18. The van der Waals surface area contributed by atoms with Gasteiger partial charge in [-0.15, -0.1) is 0 Å². The Labute approximate surface area is 116 Å². The van der Waals surface area contributed by atoms with Gasteiger partial charge >= 0.3 is 5.97 Å². The second-order valence-corrected chi connectivity index (χ2v) is 5.16. The van der Waals surface area contributed by atoms with Crippen LogP contribution in [0.2, 0.25) is 0 Å². The number of aryl methyl sites for hydroxylation is 1. The molecule has 2 N–H and O–H groups in total. The van der Waals surface area contributed by atoms with E-state index in [0.717, 1.165) is 23.5 Å². The van der Waals surface area contributed by atoms with Crippen LogP contribution in [0.25, 0.3) is 0 Å². The molecule has 0 amide bonds. The first-order valence-corrected chi connectivity index (χ1v) is 6.68. The summed E-state index contributed by atoms with van der Waals surface area (Å²) in [6.07, 6.45) is 3.73. The zero-order valence-corrected chi connectivity index (χ0v) is 11.0. The summed E-state index contributed by atoms with van der Waals surface area (Å²) in [5.41, 5.74) is 1.88. The Bertz CT molecular complexity index is 648. The Balaban J connectivity index is 1.88. The number of carboxylic acid groups (broad SMARTS) is 1. The van der Waals surface area contributed by atoms with Gasteiger partial charge in [-0.05, 0) is 18.9 Å². The molecule has 2 heterocycles. The highest BCUT2D eigenvalue weighted by molar-refractivity contribution is 5.70. The number of fused-ring (bicyclic) bond motifs is 1. The third kappa shape index (κ3) is 2.27. The summed E-state index contributed by atoms with van der Waals surface area (Å²) in [6, 6.07) is 7.15. The SMILES string of the molecule is O=C(O)C1CCc2cnc(Cc3ccccc3O)n2C1. The van der Waals surface area contributed by atoms with E-state index in [9.17, 15) is 9.90 Å². The molecule has 1 aliphatic heterocycles. The van der Waals surface area contributed by atoms with E-state index in [1.807, 2.05) is 22.9 Å². The molecule has 1 atom stereocenters. The van der Waals surface area contributed by atoms with Gasteiger partial charge in [-0.2, -0.15) is 0 Å². The predicted molar refractivity (Wildman–Crippen MR) is 72.6 cm³/mol. The number of benzene rings is 1. The van der Waals surface area contributed by atoms with Gasteiger partial charge in [0, 0.05) is 30.4 Å². The molecule has 0 fully saturated rings. The lowest BCUT2D eigenvalue weighted by molar-refractivity contribution is -0.142. The van der Waals surface area contributed by atoms with Crippen molar-refractivity contribution in [2.45, 2.75) is 25.8 Å². The lowest BCUT2D eigenvalue weighted by Crippen LogP contribution is -2.27. The maximum atomic E-state index is 11.1. The first-order valence-electron chi connectivity index (χ1n) is 6.68. The summed E-state index contributed by atoms with van der Waals surface area (Å²) >= 11 is 0. The topological polar surface area (TPSA) is 75.3 Å². The van der Waals surface area contributed by atoms with E-state index in [-0.39, 0.29) is 11.7 Å². The van der Waals surface area contributed by atoms with Gasteiger partial charge in [0.2, 0.25) is 0 Å². The average Bonchev–Trinajstić information content (AvgIpc) is 2.84. The van der Waals surface area contributed by atoms with Gasteiger partial charge < -0.3 is 14.8 Å². The van der Waals surface area contributed by atoms with Crippen LogP contribution in [-0.4, -0.2) is 25.7 Å². The number of carbonyl (C=O) groups is 1. The molecule has 0 saturated heterocycles. The standard InChI is InChI=1S/C15H16N2O3/c18-13-4-2-1-3-10(13)7-14-16-8-12-6-5-11(15(19)20)9-17(12)14/h1-4,8,11,18H,5-7,9H2,(H,19,20). The number of imidazole rings is 1. The molecule has 2 aromatic rings. The van der Waals surface area contributed by atoms with E-state index in [1.165, 1.54) is 0 Å². The van der Waals surface area contributed by atoms with Crippen LogP contribution in [-0.2, 0) is 24.2 Å². The zero-order valence-electron chi connectivity index (χ0n) is 11.0. The maximum absolute atomic E-state index is 11.1. The van der Waals surface area contributed by atoms with Crippen molar-refractivity contribution in [2.75, 3.05) is 0 Å². The fourth-order valence-electron chi connectivity index (χ4n) is 2.68. The molecular formula is C15H16N2O3. The molecule has 3 rings (SSSR count). The molecule has 0 radical (unpaired) electrons. The van der Waals surface area contributed by atoms with E-state index in [2.05, 4.69) is 4.98 Å². The van der Waals surface area contributed by atoms with Crippen molar-refractivity contribution in [1.82, 2.24) is 9.55 Å². The zero-order chi connectivity index (χ0) is 14.1. The fourth-order valence-corrected chi connectivity index (χ4v) is 2.68. The summed E-state index contributed by atoms with van der Waals surface area (Å²) in [4.78, 5) is 15.5. The lowest BCUT2D eigenvalue weighted by atomic mass is 9.98. The van der Waals surface area contributed by atoms with E-state index in [1.54, 1.807) is 12.1 Å². The van der Waals surface area contributed by atoms with Crippen molar-refractivity contribution in [3.8, 4) is 5.75 Å². The van der Waals surface area contributed by atoms with Crippen LogP contribution >= 0.6 is 0 Å². The molecule has 0 saturated carbocycles. The summed E-state index contributed by atoms with van der Waals surface area (Å²) in [6.45, 7) is 0.466. The van der Waals surface area contributed by atoms with Crippen molar-refractivity contribution in [3.05, 3.63) is 47.5 Å². The molecule has 1 unspecified atom stereocenters. The second-order valence-electron chi connectivity index (χ2n) is 5.16. The van der Waals surface area contributed by atoms with E-state index < -0.39 is 5.97 Å². The quantitative estimate of drug-likeness (QED) is 0.893. The molecule has 0 bridgehead atoms.